The topological polar surface area (TPSA) is 49.8 Å². The predicted octanol–water partition coefficient (Wildman–Crippen LogP) is 4.42. The van der Waals surface area contributed by atoms with E-state index in [1.165, 1.54) is 5.56 Å². The van der Waals surface area contributed by atoms with E-state index in [1.54, 1.807) is 0 Å². The summed E-state index contributed by atoms with van der Waals surface area (Å²) in [5.74, 6) is 1.48. The fourth-order valence-electron chi connectivity index (χ4n) is 1.75. The molecule has 0 fully saturated rings. The molecule has 0 bridgehead atoms. The number of aromatic nitrogens is 2. The molecule has 0 spiro atoms. The first-order valence-corrected chi connectivity index (χ1v) is 7.50. The molecular weight excluding hydrogens is 316 g/mol. The molecule has 0 saturated heterocycles. The van der Waals surface area contributed by atoms with E-state index in [2.05, 4.69) is 62.5 Å². The zero-order chi connectivity index (χ0) is 14.5. The van der Waals surface area contributed by atoms with Crippen molar-refractivity contribution in [2.75, 3.05) is 17.2 Å². The third-order valence-electron chi connectivity index (χ3n) is 2.88. The van der Waals surface area contributed by atoms with Crippen LogP contribution in [0, 0.1) is 13.8 Å². The van der Waals surface area contributed by atoms with Gasteiger partial charge in [-0.2, -0.15) is 4.98 Å². The Morgan fingerprint density at radius 3 is 2.80 bits per heavy atom. The molecule has 0 unspecified atom stereocenters. The number of hydrogen-bond acceptors (Lipinski definition) is 4. The van der Waals surface area contributed by atoms with Crippen LogP contribution in [-0.4, -0.2) is 16.5 Å². The van der Waals surface area contributed by atoms with Gasteiger partial charge in [0.25, 0.3) is 0 Å². The second kappa shape index (κ2) is 6.70. The number of halogens is 1. The number of nitrogens with zero attached hydrogens (tertiary/aromatic N) is 2. The van der Waals surface area contributed by atoms with Gasteiger partial charge in [-0.25, -0.2) is 4.98 Å². The van der Waals surface area contributed by atoms with E-state index in [0.29, 0.717) is 5.95 Å². The average molecular weight is 335 g/mol. The Bertz CT molecular complexity index is 598. The molecule has 0 radical (unpaired) electrons. The highest BCUT2D eigenvalue weighted by molar-refractivity contribution is 9.10. The summed E-state index contributed by atoms with van der Waals surface area (Å²) < 4.78 is 1.02. The first kappa shape index (κ1) is 14.8. The molecule has 1 aromatic heterocycles. The fraction of sp³-hybridized carbons (Fsp3) is 0.333. The smallest absolute Gasteiger partial charge is 0.224 e. The Morgan fingerprint density at radius 1 is 1.25 bits per heavy atom. The van der Waals surface area contributed by atoms with E-state index in [-0.39, 0.29) is 0 Å². The highest BCUT2D eigenvalue weighted by Gasteiger charge is 2.06. The van der Waals surface area contributed by atoms with E-state index in [0.717, 1.165) is 34.5 Å². The van der Waals surface area contributed by atoms with E-state index < -0.39 is 0 Å². The summed E-state index contributed by atoms with van der Waals surface area (Å²) in [5, 5.41) is 6.56. The summed E-state index contributed by atoms with van der Waals surface area (Å²) in [6.45, 7) is 7.05. The lowest BCUT2D eigenvalue weighted by Crippen LogP contribution is -2.07. The monoisotopic (exact) mass is 334 g/mol. The number of nitrogens with one attached hydrogen (secondary N) is 2. The molecule has 4 nitrogen and oxygen atoms in total. The number of hydrogen-bond donors (Lipinski definition) is 2. The zero-order valence-corrected chi connectivity index (χ0v) is 13.6. The Kier molecular flexibility index (Phi) is 4.95. The SMILES string of the molecule is CCCNc1ncc(C)c(Nc2cc(C)ccc2Br)n1. The predicted molar refractivity (Wildman–Crippen MR) is 87.7 cm³/mol. The van der Waals surface area contributed by atoms with Crippen molar-refractivity contribution in [2.45, 2.75) is 27.2 Å². The van der Waals surface area contributed by atoms with Crippen molar-refractivity contribution >= 4 is 33.4 Å². The van der Waals surface area contributed by atoms with Crippen molar-refractivity contribution in [3.05, 3.63) is 40.0 Å². The van der Waals surface area contributed by atoms with Crippen molar-refractivity contribution in [3.63, 3.8) is 0 Å². The van der Waals surface area contributed by atoms with Crippen LogP contribution in [0.15, 0.2) is 28.9 Å². The molecular formula is C15H19BrN4. The molecule has 1 heterocycles. The molecule has 0 saturated carbocycles. The third-order valence-corrected chi connectivity index (χ3v) is 3.57. The van der Waals surface area contributed by atoms with Crippen LogP contribution in [0.1, 0.15) is 24.5 Å². The number of rotatable bonds is 5. The highest BCUT2D eigenvalue weighted by atomic mass is 79.9. The summed E-state index contributed by atoms with van der Waals surface area (Å²) in [6, 6.07) is 6.19. The first-order valence-electron chi connectivity index (χ1n) is 6.71. The largest absolute Gasteiger partial charge is 0.354 e. The molecule has 0 aliphatic carbocycles. The summed E-state index contributed by atoms with van der Waals surface area (Å²) in [7, 11) is 0. The van der Waals surface area contributed by atoms with Crippen molar-refractivity contribution < 1.29 is 0 Å². The van der Waals surface area contributed by atoms with Crippen LogP contribution in [0.5, 0.6) is 0 Å². The van der Waals surface area contributed by atoms with Gasteiger partial charge in [-0.3, -0.25) is 0 Å². The van der Waals surface area contributed by atoms with Gasteiger partial charge in [0.05, 0.1) is 5.69 Å². The maximum absolute atomic E-state index is 4.52. The molecule has 2 rings (SSSR count). The van der Waals surface area contributed by atoms with Crippen molar-refractivity contribution in [1.82, 2.24) is 9.97 Å². The van der Waals surface area contributed by atoms with Crippen LogP contribution in [0.3, 0.4) is 0 Å². The molecule has 106 valence electrons. The number of anilines is 3. The Hall–Kier alpha value is -1.62. The van der Waals surface area contributed by atoms with Gasteiger partial charge >= 0.3 is 0 Å². The molecule has 0 atom stereocenters. The minimum Gasteiger partial charge on any atom is -0.354 e. The van der Waals surface area contributed by atoms with Gasteiger partial charge in [-0.15, -0.1) is 0 Å². The Morgan fingerprint density at radius 2 is 2.05 bits per heavy atom. The van der Waals surface area contributed by atoms with E-state index in [4.69, 9.17) is 0 Å². The van der Waals surface area contributed by atoms with Gasteiger partial charge in [0.1, 0.15) is 5.82 Å². The number of benzene rings is 1. The highest BCUT2D eigenvalue weighted by Crippen LogP contribution is 2.27. The zero-order valence-electron chi connectivity index (χ0n) is 12.0. The van der Waals surface area contributed by atoms with Crippen LogP contribution in [-0.2, 0) is 0 Å². The Labute approximate surface area is 128 Å². The van der Waals surface area contributed by atoms with Crippen LogP contribution in [0.4, 0.5) is 17.5 Å². The van der Waals surface area contributed by atoms with Gasteiger partial charge in [0.15, 0.2) is 0 Å². The van der Waals surface area contributed by atoms with Crippen molar-refractivity contribution in [2.24, 2.45) is 0 Å². The maximum Gasteiger partial charge on any atom is 0.224 e. The van der Waals surface area contributed by atoms with Gasteiger partial charge in [0.2, 0.25) is 5.95 Å². The molecule has 2 aromatic rings. The van der Waals surface area contributed by atoms with E-state index in [1.807, 2.05) is 19.2 Å². The molecule has 20 heavy (non-hydrogen) atoms. The molecule has 1 aromatic carbocycles. The van der Waals surface area contributed by atoms with Crippen molar-refractivity contribution in [3.8, 4) is 0 Å². The molecule has 0 aliphatic rings. The quantitative estimate of drug-likeness (QED) is 0.849. The van der Waals surface area contributed by atoms with Crippen LogP contribution < -0.4 is 10.6 Å². The first-order chi connectivity index (χ1) is 9.60. The lowest BCUT2D eigenvalue weighted by atomic mass is 10.2. The van der Waals surface area contributed by atoms with Crippen LogP contribution >= 0.6 is 15.9 Å². The van der Waals surface area contributed by atoms with Gasteiger partial charge in [-0.1, -0.05) is 13.0 Å². The summed E-state index contributed by atoms with van der Waals surface area (Å²) in [6.07, 6.45) is 2.88. The lowest BCUT2D eigenvalue weighted by Gasteiger charge is -2.12. The van der Waals surface area contributed by atoms with E-state index >= 15 is 0 Å². The standard InChI is InChI=1S/C15H19BrN4/c1-4-7-17-15-18-9-11(3)14(20-15)19-13-8-10(2)5-6-12(13)16/h5-6,8-9H,4,7H2,1-3H3,(H2,17,18,19,20). The summed E-state index contributed by atoms with van der Waals surface area (Å²) >= 11 is 3.55. The second-order valence-electron chi connectivity index (χ2n) is 4.76. The molecule has 5 heteroatoms. The minimum atomic E-state index is 0.656. The maximum atomic E-state index is 4.52. The van der Waals surface area contributed by atoms with Crippen molar-refractivity contribution in [1.29, 1.82) is 0 Å². The molecule has 2 N–H and O–H groups in total. The molecule has 0 amide bonds. The fourth-order valence-corrected chi connectivity index (χ4v) is 2.10. The third kappa shape index (κ3) is 3.70. The van der Waals surface area contributed by atoms with Gasteiger partial charge < -0.3 is 10.6 Å². The normalized spacial score (nSPS) is 10.4. The van der Waals surface area contributed by atoms with Crippen LogP contribution in [0.25, 0.3) is 0 Å². The number of aryl methyl sites for hydroxylation is 2. The Balaban J connectivity index is 2.25. The minimum absolute atomic E-state index is 0.656. The lowest BCUT2D eigenvalue weighted by molar-refractivity contribution is 0.950. The molecule has 0 aliphatic heterocycles. The van der Waals surface area contributed by atoms with Gasteiger partial charge in [0, 0.05) is 22.8 Å². The summed E-state index contributed by atoms with van der Waals surface area (Å²) in [5.41, 5.74) is 3.22. The second-order valence-corrected chi connectivity index (χ2v) is 5.61. The van der Waals surface area contributed by atoms with Gasteiger partial charge in [-0.05, 0) is 53.9 Å². The summed E-state index contributed by atoms with van der Waals surface area (Å²) in [4.78, 5) is 8.81. The van der Waals surface area contributed by atoms with E-state index in [9.17, 15) is 0 Å². The average Bonchev–Trinajstić information content (AvgIpc) is 2.43. The van der Waals surface area contributed by atoms with Crippen LogP contribution in [0.2, 0.25) is 0 Å².